The molecule has 4 N–H and O–H groups in total. The van der Waals surface area contributed by atoms with Crippen LogP contribution < -0.4 is 11.1 Å². The quantitative estimate of drug-likeness (QED) is 0.441. The third-order valence-electron chi connectivity index (χ3n) is 3.24. The largest absolute Gasteiger partial charge is 0.393 e. The van der Waals surface area contributed by atoms with E-state index in [9.17, 15) is 24.4 Å². The second-order valence-electron chi connectivity index (χ2n) is 4.74. The number of nitrogen functional groups attached to an aromatic ring is 1. The maximum Gasteiger partial charge on any atom is 0.292 e. The van der Waals surface area contributed by atoms with Crippen molar-refractivity contribution in [2.45, 2.75) is 6.10 Å². The van der Waals surface area contributed by atoms with Crippen LogP contribution in [0.25, 0.3) is 0 Å². The van der Waals surface area contributed by atoms with Crippen LogP contribution >= 0.6 is 0 Å². The summed E-state index contributed by atoms with van der Waals surface area (Å²) in [4.78, 5) is 22.1. The second-order valence-corrected chi connectivity index (χ2v) is 4.74. The molecule has 0 aliphatic heterocycles. The molecule has 1 unspecified atom stereocenters. The average Bonchev–Trinajstić information content (AvgIpc) is 2.52. The number of nitro groups is 1. The number of halogens is 1. The van der Waals surface area contributed by atoms with Crippen LogP contribution in [0.15, 0.2) is 42.5 Å². The van der Waals surface area contributed by atoms with Gasteiger partial charge in [0.1, 0.15) is 11.5 Å². The first-order valence-electron chi connectivity index (χ1n) is 6.65. The van der Waals surface area contributed by atoms with Gasteiger partial charge in [-0.05, 0) is 12.1 Å². The zero-order valence-corrected chi connectivity index (χ0v) is 11.9. The van der Waals surface area contributed by atoms with Gasteiger partial charge in [0.15, 0.2) is 0 Å². The molecule has 2 aromatic carbocycles. The number of nitrogens with two attached hydrogens (primary N) is 1. The van der Waals surface area contributed by atoms with E-state index in [0.717, 1.165) is 0 Å². The molecule has 23 heavy (non-hydrogen) atoms. The molecule has 0 saturated heterocycles. The fourth-order valence-corrected chi connectivity index (χ4v) is 2.05. The van der Waals surface area contributed by atoms with Crippen LogP contribution in [0.2, 0.25) is 0 Å². The normalized spacial score (nSPS) is 11.7. The molecule has 0 bridgehead atoms. The maximum atomic E-state index is 13.5. The number of amides is 1. The molecule has 1 atom stereocenters. The molecule has 0 aliphatic rings. The Hall–Kier alpha value is -3.00. The van der Waals surface area contributed by atoms with Crippen LogP contribution in [-0.2, 0) is 0 Å². The van der Waals surface area contributed by atoms with E-state index in [1.54, 1.807) is 6.07 Å². The number of nitrogens with one attached hydrogen (secondary N) is 1. The van der Waals surface area contributed by atoms with Crippen LogP contribution in [0.3, 0.4) is 0 Å². The summed E-state index contributed by atoms with van der Waals surface area (Å²) in [6, 6.07) is 9.47. The Morgan fingerprint density at radius 2 is 2.00 bits per heavy atom. The number of anilines is 1. The van der Waals surface area contributed by atoms with Gasteiger partial charge >= 0.3 is 0 Å². The van der Waals surface area contributed by atoms with Crippen LogP contribution in [0.5, 0.6) is 0 Å². The lowest BCUT2D eigenvalue weighted by Crippen LogP contribution is -2.29. The number of benzene rings is 2. The highest BCUT2D eigenvalue weighted by Crippen LogP contribution is 2.24. The number of nitro benzene ring substituents is 1. The van der Waals surface area contributed by atoms with Gasteiger partial charge in [-0.15, -0.1) is 0 Å². The molecular formula is C15H14FN3O4. The van der Waals surface area contributed by atoms with E-state index in [1.807, 2.05) is 0 Å². The first kappa shape index (κ1) is 16.4. The van der Waals surface area contributed by atoms with Gasteiger partial charge in [-0.2, -0.15) is 0 Å². The van der Waals surface area contributed by atoms with Gasteiger partial charge in [0, 0.05) is 18.2 Å². The highest BCUT2D eigenvalue weighted by Gasteiger charge is 2.20. The minimum Gasteiger partial charge on any atom is -0.393 e. The van der Waals surface area contributed by atoms with Gasteiger partial charge in [0.05, 0.1) is 16.6 Å². The second kappa shape index (κ2) is 6.84. The molecule has 2 rings (SSSR count). The maximum absolute atomic E-state index is 13.5. The summed E-state index contributed by atoms with van der Waals surface area (Å²) in [5.74, 6) is -1.29. The van der Waals surface area contributed by atoms with E-state index in [4.69, 9.17) is 5.73 Å². The number of nitrogens with zero attached hydrogens (tertiary/aromatic N) is 1. The molecule has 0 heterocycles. The predicted molar refractivity (Wildman–Crippen MR) is 81.2 cm³/mol. The third kappa shape index (κ3) is 3.61. The lowest BCUT2D eigenvalue weighted by Gasteiger charge is -2.13. The molecule has 7 nitrogen and oxygen atoms in total. The molecular weight excluding hydrogens is 305 g/mol. The Bertz CT molecular complexity index is 751. The number of para-hydroxylation sites is 1. The molecule has 0 radical (unpaired) electrons. The lowest BCUT2D eigenvalue weighted by molar-refractivity contribution is -0.383. The van der Waals surface area contributed by atoms with Gasteiger partial charge in [0.25, 0.3) is 11.6 Å². The van der Waals surface area contributed by atoms with Crippen LogP contribution in [-0.4, -0.2) is 22.5 Å². The van der Waals surface area contributed by atoms with Crippen molar-refractivity contribution in [3.63, 3.8) is 0 Å². The van der Waals surface area contributed by atoms with Crippen molar-refractivity contribution >= 4 is 17.3 Å². The number of carbonyl (C=O) groups excluding carboxylic acids is 1. The molecule has 0 aromatic heterocycles. The summed E-state index contributed by atoms with van der Waals surface area (Å²) in [5.41, 5.74) is 4.91. The standard InChI is InChI=1S/C15H14FN3O4/c16-11-6-2-1-4-9(11)13(20)8-18-15(21)10-5-3-7-12(14(10)17)19(22)23/h1-7,13,20H,8,17H2,(H,18,21). The van der Waals surface area contributed by atoms with Gasteiger partial charge < -0.3 is 16.2 Å². The minimum atomic E-state index is -1.25. The number of aliphatic hydroxyl groups excluding tert-OH is 1. The Morgan fingerprint density at radius 3 is 2.65 bits per heavy atom. The Balaban J connectivity index is 2.10. The molecule has 8 heteroatoms. The van der Waals surface area contributed by atoms with Gasteiger partial charge in [-0.25, -0.2) is 4.39 Å². The zero-order valence-electron chi connectivity index (χ0n) is 11.9. The van der Waals surface area contributed by atoms with Gasteiger partial charge in [0.2, 0.25) is 0 Å². The molecule has 0 aliphatic carbocycles. The van der Waals surface area contributed by atoms with Crippen molar-refractivity contribution in [2.75, 3.05) is 12.3 Å². The van der Waals surface area contributed by atoms with Gasteiger partial charge in [-0.3, -0.25) is 14.9 Å². The van der Waals surface area contributed by atoms with Crippen molar-refractivity contribution < 1.29 is 19.2 Å². The summed E-state index contributed by atoms with van der Waals surface area (Å²) >= 11 is 0. The number of carbonyl (C=O) groups is 1. The highest BCUT2D eigenvalue weighted by molar-refractivity contribution is 6.00. The smallest absolute Gasteiger partial charge is 0.292 e. The van der Waals surface area contributed by atoms with Crippen LogP contribution in [0.4, 0.5) is 15.8 Å². The molecule has 1 amide bonds. The van der Waals surface area contributed by atoms with Crippen molar-refractivity contribution in [1.82, 2.24) is 5.32 Å². The van der Waals surface area contributed by atoms with E-state index < -0.39 is 22.8 Å². The van der Waals surface area contributed by atoms with E-state index in [0.29, 0.717) is 0 Å². The van der Waals surface area contributed by atoms with Gasteiger partial charge in [-0.1, -0.05) is 24.3 Å². The fourth-order valence-electron chi connectivity index (χ4n) is 2.05. The fraction of sp³-hybridized carbons (Fsp3) is 0.133. The van der Waals surface area contributed by atoms with Crippen LogP contribution in [0.1, 0.15) is 22.0 Å². The predicted octanol–water partition coefficient (Wildman–Crippen LogP) is 1.78. The van der Waals surface area contributed by atoms with E-state index in [-0.39, 0.29) is 29.0 Å². The summed E-state index contributed by atoms with van der Waals surface area (Å²) in [6.07, 6.45) is -1.25. The Labute approximate surface area is 130 Å². The molecule has 120 valence electrons. The van der Waals surface area contributed by atoms with Crippen molar-refractivity contribution in [3.8, 4) is 0 Å². The molecule has 0 fully saturated rings. The topological polar surface area (TPSA) is 118 Å². The zero-order chi connectivity index (χ0) is 17.0. The molecule has 0 spiro atoms. The minimum absolute atomic E-state index is 0.0415. The molecule has 0 saturated carbocycles. The van der Waals surface area contributed by atoms with E-state index in [1.165, 1.54) is 36.4 Å². The van der Waals surface area contributed by atoms with Crippen molar-refractivity contribution in [2.24, 2.45) is 0 Å². The first-order valence-corrected chi connectivity index (χ1v) is 6.65. The highest BCUT2D eigenvalue weighted by atomic mass is 19.1. The monoisotopic (exact) mass is 319 g/mol. The van der Waals surface area contributed by atoms with E-state index in [2.05, 4.69) is 5.32 Å². The average molecular weight is 319 g/mol. The Kier molecular flexibility index (Phi) is 4.87. The summed E-state index contributed by atoms with van der Waals surface area (Å²) in [7, 11) is 0. The van der Waals surface area contributed by atoms with Crippen LogP contribution in [0, 0.1) is 15.9 Å². The summed E-state index contributed by atoms with van der Waals surface area (Å²) < 4.78 is 13.5. The molecule has 2 aromatic rings. The summed E-state index contributed by atoms with van der Waals surface area (Å²) in [5, 5.41) is 23.1. The van der Waals surface area contributed by atoms with Crippen molar-refractivity contribution in [1.29, 1.82) is 0 Å². The number of hydrogen-bond donors (Lipinski definition) is 3. The number of rotatable bonds is 5. The lowest BCUT2D eigenvalue weighted by atomic mass is 10.1. The van der Waals surface area contributed by atoms with E-state index >= 15 is 0 Å². The Morgan fingerprint density at radius 1 is 1.30 bits per heavy atom. The number of aliphatic hydroxyl groups is 1. The van der Waals surface area contributed by atoms with Crippen molar-refractivity contribution in [3.05, 3.63) is 69.5 Å². The third-order valence-corrected chi connectivity index (χ3v) is 3.24. The number of hydrogen-bond acceptors (Lipinski definition) is 5. The SMILES string of the molecule is Nc1c(C(=O)NCC(O)c2ccccc2F)cccc1[N+](=O)[O-]. The summed E-state index contributed by atoms with van der Waals surface area (Å²) in [6.45, 7) is -0.262. The first-order chi connectivity index (χ1) is 10.9.